The second-order valence-corrected chi connectivity index (χ2v) is 16.2. The molecule has 0 atom stereocenters. The Morgan fingerprint density at radius 2 is 0.981 bits per heavy atom. The highest BCUT2D eigenvalue weighted by atomic mass is 32.1. The highest BCUT2D eigenvalue weighted by Gasteiger charge is 2.21. The quantitative estimate of drug-likeness (QED) is 0.171. The van der Waals surface area contributed by atoms with E-state index < -0.39 is 0 Å². The van der Waals surface area contributed by atoms with Crippen molar-refractivity contribution in [2.24, 2.45) is 0 Å². The molecule has 0 bridgehead atoms. The van der Waals surface area contributed by atoms with E-state index in [2.05, 4.69) is 167 Å². The Labute approximate surface area is 321 Å². The second kappa shape index (κ2) is 12.3. The van der Waals surface area contributed by atoms with Gasteiger partial charge in [-0.05, 0) is 90.7 Å². The molecule has 0 N–H and O–H groups in total. The van der Waals surface area contributed by atoms with Crippen LogP contribution in [0.5, 0.6) is 0 Å². The van der Waals surface area contributed by atoms with Crippen LogP contribution in [-0.4, -0.2) is 9.13 Å². The monoisotopic (exact) mass is 728 g/mol. The molecule has 4 heterocycles. The van der Waals surface area contributed by atoms with Crippen molar-refractivity contribution >= 4 is 102 Å². The van der Waals surface area contributed by atoms with E-state index in [4.69, 9.17) is 0 Å². The molecule has 0 saturated carbocycles. The van der Waals surface area contributed by atoms with Crippen LogP contribution >= 0.6 is 22.7 Å². The summed E-state index contributed by atoms with van der Waals surface area (Å²) in [6.07, 6.45) is 6.79. The maximum absolute atomic E-state index is 2.54. The van der Waals surface area contributed by atoms with Gasteiger partial charge in [0.15, 0.2) is 0 Å². The van der Waals surface area contributed by atoms with Crippen LogP contribution < -0.4 is 0 Å². The summed E-state index contributed by atoms with van der Waals surface area (Å²) in [7, 11) is 0. The van der Waals surface area contributed by atoms with Gasteiger partial charge in [-0.2, -0.15) is 0 Å². The van der Waals surface area contributed by atoms with E-state index in [0.717, 1.165) is 12.8 Å². The molecule has 258 valence electrons. The number of rotatable bonds is 3. The fourth-order valence-electron chi connectivity index (χ4n) is 8.84. The van der Waals surface area contributed by atoms with Crippen molar-refractivity contribution in [1.82, 2.24) is 9.13 Å². The number of benzene rings is 7. The number of hydrogen-bond donors (Lipinski definition) is 0. The molecule has 1 aliphatic rings. The predicted molar refractivity (Wildman–Crippen MR) is 238 cm³/mol. The third kappa shape index (κ3) is 4.63. The molecule has 54 heavy (non-hydrogen) atoms. The van der Waals surface area contributed by atoms with E-state index in [-0.39, 0.29) is 0 Å². The molecule has 0 radical (unpaired) electrons. The zero-order chi connectivity index (χ0) is 35.9. The molecular weight excluding hydrogens is 693 g/mol. The topological polar surface area (TPSA) is 9.86 Å². The fraction of sp³-hybridized carbons (Fsp3) is 0.0800. The van der Waals surface area contributed by atoms with Crippen molar-refractivity contribution < 1.29 is 0 Å². The third-order valence-corrected chi connectivity index (χ3v) is 13.4. The van der Waals surface area contributed by atoms with E-state index in [9.17, 15) is 0 Å². The molecule has 12 rings (SSSR count). The molecule has 0 unspecified atom stereocenters. The smallest absolute Gasteiger partial charge is 0.0548 e. The van der Waals surface area contributed by atoms with Gasteiger partial charge in [0.2, 0.25) is 0 Å². The number of nitrogens with zero attached hydrogens (tertiary/aromatic N) is 2. The fourth-order valence-corrected chi connectivity index (χ4v) is 11.1. The van der Waals surface area contributed by atoms with Crippen LogP contribution in [0.3, 0.4) is 0 Å². The summed E-state index contributed by atoms with van der Waals surface area (Å²) < 4.78 is 10.4. The van der Waals surface area contributed by atoms with Crippen molar-refractivity contribution in [2.45, 2.75) is 26.7 Å². The van der Waals surface area contributed by atoms with Crippen LogP contribution in [0.15, 0.2) is 152 Å². The Kier molecular flexibility index (Phi) is 7.20. The van der Waals surface area contributed by atoms with Crippen molar-refractivity contribution in [3.8, 4) is 22.5 Å². The Hall–Kier alpha value is -5.94. The molecule has 0 saturated heterocycles. The van der Waals surface area contributed by atoms with Crippen LogP contribution in [0, 0.1) is 0 Å². The first-order chi connectivity index (χ1) is 26.8. The molecule has 4 aromatic heterocycles. The molecule has 2 nitrogen and oxygen atoms in total. The van der Waals surface area contributed by atoms with Gasteiger partial charge in [0.05, 0.1) is 16.6 Å². The van der Waals surface area contributed by atoms with Gasteiger partial charge in [-0.25, -0.2) is 0 Å². The summed E-state index contributed by atoms with van der Waals surface area (Å²) in [5.41, 5.74) is 11.4. The maximum Gasteiger partial charge on any atom is 0.0548 e. The molecule has 11 aromatic rings. The second-order valence-electron chi connectivity index (χ2n) is 14.0. The minimum absolute atomic E-state index is 1.04. The highest BCUT2D eigenvalue weighted by Crippen LogP contribution is 2.43. The molecule has 0 spiro atoms. The van der Waals surface area contributed by atoms with E-state index in [1.165, 1.54) is 107 Å². The Morgan fingerprint density at radius 1 is 0.426 bits per heavy atom. The lowest BCUT2D eigenvalue weighted by Crippen LogP contribution is -2.03. The van der Waals surface area contributed by atoms with Crippen molar-refractivity contribution in [3.63, 3.8) is 0 Å². The zero-order valence-electron chi connectivity index (χ0n) is 30.1. The Bertz CT molecular complexity index is 3310. The SMILES string of the molecule is C1=Cc2c(n(-c3cccc(-c4cccc(-n5c6ccccc6c6cc7sc8ccccc8c7cc65)c4)c3)c3cc4c(cc23)sc2ccccc24)CC1.CC. The van der Waals surface area contributed by atoms with Crippen LogP contribution in [-0.2, 0) is 6.42 Å². The number of allylic oxidation sites excluding steroid dienone is 1. The van der Waals surface area contributed by atoms with Gasteiger partial charge in [-0.1, -0.05) is 105 Å². The molecule has 0 amide bonds. The van der Waals surface area contributed by atoms with E-state index in [0.29, 0.717) is 0 Å². The average molecular weight is 729 g/mol. The molecule has 0 fully saturated rings. The molecule has 7 aromatic carbocycles. The largest absolute Gasteiger partial charge is 0.313 e. The van der Waals surface area contributed by atoms with Crippen LogP contribution in [0.4, 0.5) is 0 Å². The van der Waals surface area contributed by atoms with Gasteiger partial charge >= 0.3 is 0 Å². The van der Waals surface area contributed by atoms with Gasteiger partial charge < -0.3 is 9.13 Å². The summed E-state index contributed by atoms with van der Waals surface area (Å²) in [6, 6.07) is 54.4. The highest BCUT2D eigenvalue weighted by molar-refractivity contribution is 7.26. The van der Waals surface area contributed by atoms with E-state index in [1.54, 1.807) is 0 Å². The maximum atomic E-state index is 2.54. The van der Waals surface area contributed by atoms with E-state index in [1.807, 2.05) is 36.5 Å². The van der Waals surface area contributed by atoms with Gasteiger partial charge in [-0.15, -0.1) is 22.7 Å². The lowest BCUT2D eigenvalue weighted by molar-refractivity contribution is 0.889. The first-order valence-electron chi connectivity index (χ1n) is 19.0. The minimum atomic E-state index is 1.04. The van der Waals surface area contributed by atoms with E-state index >= 15 is 0 Å². The number of fused-ring (bicyclic) bond motifs is 12. The van der Waals surface area contributed by atoms with Gasteiger partial charge in [0, 0.05) is 79.1 Å². The van der Waals surface area contributed by atoms with Gasteiger partial charge in [-0.3, -0.25) is 0 Å². The first-order valence-corrected chi connectivity index (χ1v) is 20.6. The summed E-state index contributed by atoms with van der Waals surface area (Å²) in [5.74, 6) is 0. The minimum Gasteiger partial charge on any atom is -0.313 e. The summed E-state index contributed by atoms with van der Waals surface area (Å²) in [6.45, 7) is 4.00. The van der Waals surface area contributed by atoms with Crippen LogP contribution in [0.1, 0.15) is 31.5 Å². The zero-order valence-corrected chi connectivity index (χ0v) is 31.8. The molecular formula is C50H36N2S2. The average Bonchev–Trinajstić information content (AvgIpc) is 3.97. The normalized spacial score (nSPS) is 12.8. The van der Waals surface area contributed by atoms with Crippen LogP contribution in [0.2, 0.25) is 0 Å². The molecule has 4 heteroatoms. The lowest BCUT2D eigenvalue weighted by Gasteiger charge is -2.15. The van der Waals surface area contributed by atoms with Gasteiger partial charge in [0.25, 0.3) is 0 Å². The van der Waals surface area contributed by atoms with Crippen LogP contribution in [0.25, 0.3) is 102 Å². The predicted octanol–water partition coefficient (Wildman–Crippen LogP) is 15.1. The Morgan fingerprint density at radius 3 is 1.65 bits per heavy atom. The number of thiophene rings is 2. The number of para-hydroxylation sites is 1. The lowest BCUT2D eigenvalue weighted by atomic mass is 10.0. The standard InChI is InChI=1S/C48H30N2S2.C2H6/c1-5-19-41-33(15-1)37-27-47-39(35-17-3-7-21-45(35)51-47)25-43(37)49(41)31-13-9-11-29(23-31)30-12-10-14-32(24-30)50-42-20-6-2-16-34(42)38-28-48-40(26-44(38)50)36-18-4-8-22-46(36)52-48;1-2/h1-5,7-19,21-28H,6,20H2;1-2H3. The first kappa shape index (κ1) is 31.6. The summed E-state index contributed by atoms with van der Waals surface area (Å²) in [4.78, 5) is 0. The molecule has 0 aliphatic heterocycles. The van der Waals surface area contributed by atoms with Crippen molar-refractivity contribution in [3.05, 3.63) is 163 Å². The summed E-state index contributed by atoms with van der Waals surface area (Å²) >= 11 is 3.79. The van der Waals surface area contributed by atoms with Crippen molar-refractivity contribution in [1.29, 1.82) is 0 Å². The number of hydrogen-bond acceptors (Lipinski definition) is 2. The Balaban J connectivity index is 0.00000168. The number of aromatic nitrogens is 2. The third-order valence-electron chi connectivity index (χ3n) is 11.2. The van der Waals surface area contributed by atoms with Crippen molar-refractivity contribution in [2.75, 3.05) is 0 Å². The van der Waals surface area contributed by atoms with Gasteiger partial charge in [0.1, 0.15) is 0 Å². The molecule has 1 aliphatic carbocycles. The summed E-state index contributed by atoms with van der Waals surface area (Å²) in [5, 5.41) is 9.27.